The Kier molecular flexibility index (Phi) is 6.58. The van der Waals surface area contributed by atoms with Crippen molar-refractivity contribution in [2.45, 2.75) is 19.0 Å². The summed E-state index contributed by atoms with van der Waals surface area (Å²) >= 11 is 0. The number of nitrogens with zero attached hydrogens (tertiary/aromatic N) is 3. The maximum absolute atomic E-state index is 12.6. The summed E-state index contributed by atoms with van der Waals surface area (Å²) in [5.41, 5.74) is -1.03. The van der Waals surface area contributed by atoms with E-state index in [9.17, 15) is 22.8 Å². The lowest BCUT2D eigenvalue weighted by Gasteiger charge is -2.31. The van der Waals surface area contributed by atoms with E-state index in [0.29, 0.717) is 13.1 Å². The fraction of sp³-hybridized carbons (Fsp3) is 0.600. The summed E-state index contributed by atoms with van der Waals surface area (Å²) in [6, 6.07) is 0.469. The van der Waals surface area contributed by atoms with Gasteiger partial charge in [0, 0.05) is 39.4 Å². The number of nitrogens with one attached hydrogen (secondary N) is 3. The normalized spacial score (nSPS) is 17.5. The van der Waals surface area contributed by atoms with Gasteiger partial charge in [0.15, 0.2) is 0 Å². The SMILES string of the molecule is CNC(=O)C1CCCN(C(=O)NCCNc2nccc(C(F)(F)F)n2)C1. The lowest BCUT2D eigenvalue weighted by atomic mass is 9.97. The van der Waals surface area contributed by atoms with Gasteiger partial charge in [0.25, 0.3) is 0 Å². The fourth-order valence-corrected chi connectivity index (χ4v) is 2.64. The van der Waals surface area contributed by atoms with Crippen LogP contribution in [-0.2, 0) is 11.0 Å². The van der Waals surface area contributed by atoms with E-state index < -0.39 is 11.9 Å². The molecule has 3 N–H and O–H groups in total. The standard InChI is InChI=1S/C15H21F3N6O2/c1-19-12(25)10-3-2-8-24(9-10)14(26)22-7-6-21-13-20-5-4-11(23-13)15(16,17)18/h4-5,10H,2-3,6-9H2,1H3,(H,19,25)(H,22,26)(H,20,21,23). The molecule has 2 heterocycles. The largest absolute Gasteiger partial charge is 0.433 e. The van der Waals surface area contributed by atoms with Crippen LogP contribution in [0.4, 0.5) is 23.9 Å². The van der Waals surface area contributed by atoms with Crippen molar-refractivity contribution in [2.24, 2.45) is 5.92 Å². The molecule has 144 valence electrons. The van der Waals surface area contributed by atoms with Crippen molar-refractivity contribution in [3.63, 3.8) is 0 Å². The molecule has 0 spiro atoms. The average molecular weight is 374 g/mol. The van der Waals surface area contributed by atoms with Crippen LogP contribution in [0.2, 0.25) is 0 Å². The zero-order valence-corrected chi connectivity index (χ0v) is 14.3. The lowest BCUT2D eigenvalue weighted by molar-refractivity contribution is -0.141. The van der Waals surface area contributed by atoms with Crippen molar-refractivity contribution in [3.8, 4) is 0 Å². The van der Waals surface area contributed by atoms with Crippen molar-refractivity contribution in [1.29, 1.82) is 0 Å². The van der Waals surface area contributed by atoms with Crippen molar-refractivity contribution in [3.05, 3.63) is 18.0 Å². The summed E-state index contributed by atoms with van der Waals surface area (Å²) in [4.78, 5) is 32.4. The predicted octanol–water partition coefficient (Wildman–Crippen LogP) is 1.07. The first-order valence-corrected chi connectivity index (χ1v) is 8.19. The number of piperidine rings is 1. The number of urea groups is 1. The lowest BCUT2D eigenvalue weighted by Crippen LogP contribution is -2.49. The van der Waals surface area contributed by atoms with Crippen LogP contribution in [0, 0.1) is 5.92 Å². The zero-order valence-electron chi connectivity index (χ0n) is 14.3. The molecule has 1 aliphatic rings. The first kappa shape index (κ1) is 19.7. The van der Waals surface area contributed by atoms with E-state index in [0.717, 1.165) is 25.1 Å². The van der Waals surface area contributed by atoms with Gasteiger partial charge in [-0.25, -0.2) is 14.8 Å². The highest BCUT2D eigenvalue weighted by Gasteiger charge is 2.32. The fourth-order valence-electron chi connectivity index (χ4n) is 2.64. The molecule has 0 saturated carbocycles. The predicted molar refractivity (Wildman–Crippen MR) is 87.3 cm³/mol. The number of anilines is 1. The number of likely N-dealkylation sites (tertiary alicyclic amines) is 1. The summed E-state index contributed by atoms with van der Waals surface area (Å²) < 4.78 is 37.7. The molecule has 0 bridgehead atoms. The van der Waals surface area contributed by atoms with Gasteiger partial charge in [-0.05, 0) is 18.9 Å². The summed E-state index contributed by atoms with van der Waals surface area (Å²) in [6.45, 7) is 1.25. The summed E-state index contributed by atoms with van der Waals surface area (Å²) in [5, 5.41) is 7.87. The van der Waals surface area contributed by atoms with Crippen LogP contribution in [0.5, 0.6) is 0 Å². The van der Waals surface area contributed by atoms with Crippen molar-refractivity contribution >= 4 is 17.9 Å². The van der Waals surface area contributed by atoms with Crippen LogP contribution in [0.3, 0.4) is 0 Å². The van der Waals surface area contributed by atoms with E-state index in [1.165, 1.54) is 0 Å². The Morgan fingerprint density at radius 2 is 2.12 bits per heavy atom. The molecular weight excluding hydrogens is 353 g/mol. The number of carbonyl (C=O) groups is 2. The van der Waals surface area contributed by atoms with Crippen LogP contribution in [0.1, 0.15) is 18.5 Å². The molecule has 0 aliphatic carbocycles. The third-order valence-electron chi connectivity index (χ3n) is 3.96. The molecule has 1 saturated heterocycles. The van der Waals surface area contributed by atoms with Crippen LogP contribution >= 0.6 is 0 Å². The minimum absolute atomic E-state index is 0.0918. The smallest absolute Gasteiger partial charge is 0.359 e. The van der Waals surface area contributed by atoms with Crippen molar-refractivity contribution in [2.75, 3.05) is 38.5 Å². The van der Waals surface area contributed by atoms with Crippen LogP contribution in [0.25, 0.3) is 0 Å². The number of hydrogen-bond donors (Lipinski definition) is 3. The van der Waals surface area contributed by atoms with Crippen LogP contribution < -0.4 is 16.0 Å². The van der Waals surface area contributed by atoms with E-state index >= 15 is 0 Å². The molecule has 1 fully saturated rings. The quantitative estimate of drug-likeness (QED) is 0.670. The molecule has 0 radical (unpaired) electrons. The molecule has 8 nitrogen and oxygen atoms in total. The molecule has 0 aromatic carbocycles. The second-order valence-electron chi connectivity index (χ2n) is 5.82. The Balaban J connectivity index is 1.76. The van der Waals surface area contributed by atoms with Crippen LogP contribution in [-0.4, -0.2) is 60.0 Å². The number of amides is 3. The molecule has 1 aromatic rings. The number of rotatable bonds is 5. The van der Waals surface area contributed by atoms with Gasteiger partial charge in [0.2, 0.25) is 11.9 Å². The van der Waals surface area contributed by atoms with E-state index in [-0.39, 0.29) is 36.9 Å². The number of alkyl halides is 3. The van der Waals surface area contributed by atoms with Crippen molar-refractivity contribution in [1.82, 2.24) is 25.5 Å². The first-order chi connectivity index (χ1) is 12.3. The molecule has 3 amide bonds. The Morgan fingerprint density at radius 3 is 2.81 bits per heavy atom. The third-order valence-corrected chi connectivity index (χ3v) is 3.96. The highest BCUT2D eigenvalue weighted by Crippen LogP contribution is 2.27. The monoisotopic (exact) mass is 374 g/mol. The molecule has 1 aliphatic heterocycles. The van der Waals surface area contributed by atoms with Gasteiger partial charge in [-0.3, -0.25) is 4.79 Å². The maximum atomic E-state index is 12.6. The molecule has 2 rings (SSSR count). The van der Waals surface area contributed by atoms with Gasteiger partial charge in [0.05, 0.1) is 5.92 Å². The minimum Gasteiger partial charge on any atom is -0.359 e. The van der Waals surface area contributed by atoms with Gasteiger partial charge >= 0.3 is 12.2 Å². The molecule has 26 heavy (non-hydrogen) atoms. The summed E-state index contributed by atoms with van der Waals surface area (Å²) in [7, 11) is 1.56. The topological polar surface area (TPSA) is 99.2 Å². The number of carbonyl (C=O) groups excluding carboxylic acids is 2. The highest BCUT2D eigenvalue weighted by molar-refractivity contribution is 5.80. The molecule has 1 unspecified atom stereocenters. The van der Waals surface area contributed by atoms with E-state index in [4.69, 9.17) is 0 Å². The van der Waals surface area contributed by atoms with Crippen LogP contribution in [0.15, 0.2) is 12.3 Å². The summed E-state index contributed by atoms with van der Waals surface area (Å²) in [6.07, 6.45) is -2.05. The maximum Gasteiger partial charge on any atom is 0.433 e. The van der Waals surface area contributed by atoms with Gasteiger partial charge in [-0.15, -0.1) is 0 Å². The molecular formula is C15H21F3N6O2. The third kappa shape index (κ3) is 5.46. The number of halogens is 3. The highest BCUT2D eigenvalue weighted by atomic mass is 19.4. The van der Waals surface area contributed by atoms with E-state index in [2.05, 4.69) is 25.9 Å². The molecule has 1 aromatic heterocycles. The Morgan fingerprint density at radius 1 is 1.35 bits per heavy atom. The number of aromatic nitrogens is 2. The Labute approximate surface area is 148 Å². The zero-order chi connectivity index (χ0) is 19.2. The second kappa shape index (κ2) is 8.68. The Hall–Kier alpha value is -2.59. The first-order valence-electron chi connectivity index (χ1n) is 8.19. The second-order valence-corrected chi connectivity index (χ2v) is 5.82. The average Bonchev–Trinajstić information content (AvgIpc) is 2.64. The van der Waals surface area contributed by atoms with Gasteiger partial charge in [0.1, 0.15) is 5.69 Å². The summed E-state index contributed by atoms with van der Waals surface area (Å²) in [5.74, 6) is -0.478. The molecule has 1 atom stereocenters. The van der Waals surface area contributed by atoms with Gasteiger partial charge in [-0.1, -0.05) is 0 Å². The van der Waals surface area contributed by atoms with Gasteiger partial charge in [-0.2, -0.15) is 13.2 Å². The van der Waals surface area contributed by atoms with Crippen molar-refractivity contribution < 1.29 is 22.8 Å². The van der Waals surface area contributed by atoms with E-state index in [1.54, 1.807) is 11.9 Å². The Bertz CT molecular complexity index is 640. The minimum atomic E-state index is -4.54. The van der Waals surface area contributed by atoms with Gasteiger partial charge < -0.3 is 20.9 Å². The van der Waals surface area contributed by atoms with E-state index in [1.807, 2.05) is 0 Å². The molecule has 11 heteroatoms. The number of hydrogen-bond acceptors (Lipinski definition) is 5.